The third-order valence-electron chi connectivity index (χ3n) is 7.04. The lowest BCUT2D eigenvalue weighted by Gasteiger charge is -2.33. The molecule has 0 radical (unpaired) electrons. The number of nitrogens with zero attached hydrogens (tertiary/aromatic N) is 1. The number of hydrogen-bond donors (Lipinski definition) is 3. The minimum Gasteiger partial charge on any atom is -0.405 e. The van der Waals surface area contributed by atoms with E-state index in [0.717, 1.165) is 55.7 Å². The van der Waals surface area contributed by atoms with Crippen LogP contribution in [0.3, 0.4) is 0 Å². The first-order chi connectivity index (χ1) is 15.9. The molecule has 5 heteroatoms. The van der Waals surface area contributed by atoms with E-state index in [1.807, 2.05) is 13.0 Å². The largest absolute Gasteiger partial charge is 0.405 e. The molecule has 0 aromatic rings. The molecule has 3 unspecified atom stereocenters. The highest BCUT2D eigenvalue weighted by Gasteiger charge is 2.44. The second-order valence-electron chi connectivity index (χ2n) is 9.15. The SMILES string of the molecule is C=C(C)/C(=C\C=C/N)[C@H]1C(=O)C2/C(C)=C/C=C\C/C=C/2CC(NCCN(CC)CC)C1CN. The fourth-order valence-corrected chi connectivity index (χ4v) is 5.19. The lowest BCUT2D eigenvalue weighted by Crippen LogP contribution is -2.47. The summed E-state index contributed by atoms with van der Waals surface area (Å²) in [6.07, 6.45) is 15.4. The molecule has 0 aliphatic heterocycles. The van der Waals surface area contributed by atoms with Gasteiger partial charge in [-0.25, -0.2) is 0 Å². The number of hydrogen-bond acceptors (Lipinski definition) is 5. The van der Waals surface area contributed by atoms with Crippen molar-refractivity contribution in [1.29, 1.82) is 0 Å². The molecule has 2 rings (SSSR count). The molecule has 1 fully saturated rings. The van der Waals surface area contributed by atoms with E-state index in [1.54, 1.807) is 6.08 Å². The van der Waals surface area contributed by atoms with Crippen LogP contribution in [0.4, 0.5) is 0 Å². The molecule has 5 N–H and O–H groups in total. The summed E-state index contributed by atoms with van der Waals surface area (Å²) in [6.45, 7) is 16.9. The summed E-state index contributed by atoms with van der Waals surface area (Å²) in [7, 11) is 0. The van der Waals surface area contributed by atoms with Crippen LogP contribution < -0.4 is 16.8 Å². The van der Waals surface area contributed by atoms with E-state index in [0.29, 0.717) is 6.54 Å². The summed E-state index contributed by atoms with van der Waals surface area (Å²) in [4.78, 5) is 16.6. The van der Waals surface area contributed by atoms with Crippen molar-refractivity contribution in [2.75, 3.05) is 32.7 Å². The number of fused-ring (bicyclic) bond motifs is 1. The number of allylic oxidation sites excluding steroid dienone is 9. The highest BCUT2D eigenvalue weighted by molar-refractivity contribution is 5.92. The average Bonchev–Trinajstić information content (AvgIpc) is 2.89. The Labute approximate surface area is 201 Å². The Morgan fingerprint density at radius 1 is 1.33 bits per heavy atom. The molecule has 33 heavy (non-hydrogen) atoms. The van der Waals surface area contributed by atoms with Crippen LogP contribution in [0.1, 0.15) is 40.5 Å². The van der Waals surface area contributed by atoms with Crippen molar-refractivity contribution in [2.45, 2.75) is 46.6 Å². The Morgan fingerprint density at radius 2 is 2.06 bits per heavy atom. The fraction of sp³-hybridized carbons (Fsp3) is 0.536. The maximum absolute atomic E-state index is 14.2. The standard InChI is InChI=1S/C28H44N4O/c1-6-32(7-2)17-16-31-25-18-22-13-10-8-9-12-21(5)26(22)28(33)27(24(25)19-30)23(20(3)4)14-11-15-29/h8-9,11-15,24-27,31H,3,6-7,10,16-19,29-30H2,1-2,4-5H3/b9-8-,15-11-,21-12+,22-13+,23-14+/t24?,25?,26?,27-/m1/s1. The van der Waals surface area contributed by atoms with Gasteiger partial charge in [-0.05, 0) is 64.2 Å². The minimum atomic E-state index is -0.336. The topological polar surface area (TPSA) is 84.4 Å². The van der Waals surface area contributed by atoms with Crippen LogP contribution in [-0.2, 0) is 4.79 Å². The third-order valence-corrected chi connectivity index (χ3v) is 7.04. The number of ketones is 1. The van der Waals surface area contributed by atoms with Gasteiger partial charge in [-0.1, -0.05) is 67.5 Å². The maximum atomic E-state index is 14.2. The second-order valence-corrected chi connectivity index (χ2v) is 9.15. The zero-order valence-electron chi connectivity index (χ0n) is 21.0. The van der Waals surface area contributed by atoms with Crippen molar-refractivity contribution < 1.29 is 4.79 Å². The Balaban J connectivity index is 2.55. The van der Waals surface area contributed by atoms with Gasteiger partial charge < -0.3 is 21.7 Å². The van der Waals surface area contributed by atoms with Crippen molar-refractivity contribution in [2.24, 2.45) is 29.2 Å². The molecule has 0 aromatic carbocycles. The van der Waals surface area contributed by atoms with Crippen molar-refractivity contribution >= 4 is 5.78 Å². The van der Waals surface area contributed by atoms with Crippen molar-refractivity contribution in [3.05, 3.63) is 71.5 Å². The maximum Gasteiger partial charge on any atom is 0.151 e. The molecule has 0 aromatic heterocycles. The number of Topliss-reactive ketones (excluding diaryl/α,β-unsaturated/α-hetero) is 1. The summed E-state index contributed by atoms with van der Waals surface area (Å²) in [5.74, 6) is -0.378. The van der Waals surface area contributed by atoms with E-state index in [2.05, 4.69) is 61.9 Å². The molecular formula is C28H44N4O. The van der Waals surface area contributed by atoms with E-state index in [-0.39, 0.29) is 29.6 Å². The minimum absolute atomic E-state index is 0.0294. The zero-order chi connectivity index (χ0) is 24.4. The molecule has 5 nitrogen and oxygen atoms in total. The number of rotatable bonds is 10. The molecule has 0 bridgehead atoms. The van der Waals surface area contributed by atoms with Gasteiger partial charge in [0, 0.05) is 31.0 Å². The zero-order valence-corrected chi connectivity index (χ0v) is 21.0. The molecule has 0 saturated heterocycles. The quantitative estimate of drug-likeness (QED) is 0.346. The van der Waals surface area contributed by atoms with Crippen LogP contribution in [0, 0.1) is 17.8 Å². The molecule has 1 saturated carbocycles. The van der Waals surface area contributed by atoms with Crippen LogP contribution in [-0.4, -0.2) is 49.4 Å². The van der Waals surface area contributed by atoms with Gasteiger partial charge in [-0.15, -0.1) is 0 Å². The Hall–Kier alpha value is -2.21. The molecule has 2 aliphatic rings. The van der Waals surface area contributed by atoms with Gasteiger partial charge in [0.15, 0.2) is 5.78 Å². The van der Waals surface area contributed by atoms with Crippen molar-refractivity contribution in [3.63, 3.8) is 0 Å². The normalized spacial score (nSPS) is 30.6. The monoisotopic (exact) mass is 452 g/mol. The molecule has 4 atom stereocenters. The summed E-state index contributed by atoms with van der Waals surface area (Å²) in [5, 5.41) is 3.79. The highest BCUT2D eigenvalue weighted by Crippen LogP contribution is 2.41. The first kappa shape index (κ1) is 27.0. The molecular weight excluding hydrogens is 408 g/mol. The number of carbonyl (C=O) groups excluding carboxylic acids is 1. The van der Waals surface area contributed by atoms with Gasteiger partial charge in [0.25, 0.3) is 0 Å². The van der Waals surface area contributed by atoms with Crippen molar-refractivity contribution in [1.82, 2.24) is 10.2 Å². The second kappa shape index (κ2) is 13.5. The van der Waals surface area contributed by atoms with Gasteiger partial charge in [0.1, 0.15) is 0 Å². The summed E-state index contributed by atoms with van der Waals surface area (Å²) < 4.78 is 0. The van der Waals surface area contributed by atoms with Crippen molar-refractivity contribution in [3.8, 4) is 0 Å². The molecule has 0 heterocycles. The molecule has 0 spiro atoms. The van der Waals surface area contributed by atoms with E-state index in [1.165, 1.54) is 11.8 Å². The predicted octanol–water partition coefficient (Wildman–Crippen LogP) is 3.87. The van der Waals surface area contributed by atoms with E-state index in [9.17, 15) is 4.79 Å². The van der Waals surface area contributed by atoms with Gasteiger partial charge in [0.2, 0.25) is 0 Å². The van der Waals surface area contributed by atoms with Crippen LogP contribution in [0.5, 0.6) is 0 Å². The van der Waals surface area contributed by atoms with Gasteiger partial charge in [-0.3, -0.25) is 4.79 Å². The van der Waals surface area contributed by atoms with Crippen LogP contribution in [0.2, 0.25) is 0 Å². The van der Waals surface area contributed by atoms with E-state index in [4.69, 9.17) is 11.5 Å². The summed E-state index contributed by atoms with van der Waals surface area (Å²) in [5.41, 5.74) is 16.1. The Bertz CT molecular complexity index is 829. The number of likely N-dealkylation sites (N-methyl/N-ethyl adjacent to an activating group) is 1. The predicted molar refractivity (Wildman–Crippen MR) is 141 cm³/mol. The van der Waals surface area contributed by atoms with E-state index >= 15 is 0 Å². The highest BCUT2D eigenvalue weighted by atomic mass is 16.1. The van der Waals surface area contributed by atoms with Gasteiger partial charge in [0.05, 0.1) is 5.92 Å². The van der Waals surface area contributed by atoms with Crippen LogP contribution >= 0.6 is 0 Å². The molecule has 2 aliphatic carbocycles. The smallest absolute Gasteiger partial charge is 0.151 e. The Kier molecular flexibility index (Phi) is 11.0. The Morgan fingerprint density at radius 3 is 2.67 bits per heavy atom. The summed E-state index contributed by atoms with van der Waals surface area (Å²) >= 11 is 0. The van der Waals surface area contributed by atoms with E-state index < -0.39 is 0 Å². The van der Waals surface area contributed by atoms with Gasteiger partial charge >= 0.3 is 0 Å². The number of carbonyl (C=O) groups is 1. The van der Waals surface area contributed by atoms with Crippen LogP contribution in [0.15, 0.2) is 71.5 Å². The lowest BCUT2D eigenvalue weighted by molar-refractivity contribution is -0.124. The fourth-order valence-electron chi connectivity index (χ4n) is 5.19. The first-order valence-corrected chi connectivity index (χ1v) is 12.4. The molecule has 182 valence electrons. The third kappa shape index (κ3) is 6.89. The van der Waals surface area contributed by atoms with Gasteiger partial charge in [-0.2, -0.15) is 0 Å². The first-order valence-electron chi connectivity index (χ1n) is 12.4. The number of nitrogens with one attached hydrogen (secondary N) is 1. The van der Waals surface area contributed by atoms with Crippen LogP contribution in [0.25, 0.3) is 0 Å². The summed E-state index contributed by atoms with van der Waals surface area (Å²) in [6, 6.07) is 0.108. The average molecular weight is 453 g/mol. The lowest BCUT2D eigenvalue weighted by atomic mass is 9.74. The molecule has 0 amide bonds. The number of nitrogens with two attached hydrogens (primary N) is 2.